The lowest BCUT2D eigenvalue weighted by Crippen LogP contribution is -2.52. The van der Waals surface area contributed by atoms with Gasteiger partial charge in [0.1, 0.15) is 0 Å². The summed E-state index contributed by atoms with van der Waals surface area (Å²) in [7, 11) is 0. The standard InChI is InChI=1S/C8H15N2O/c1-2-4-10-5-3-9-6-8(10)7-11/h8-9H,2-6H2,1H3. The van der Waals surface area contributed by atoms with Crippen LogP contribution in [0.25, 0.3) is 0 Å². The van der Waals surface area contributed by atoms with Gasteiger partial charge in [0, 0.05) is 19.6 Å². The van der Waals surface area contributed by atoms with Gasteiger partial charge in [-0.05, 0) is 13.0 Å². The average Bonchev–Trinajstić information content (AvgIpc) is 2.06. The second-order valence-electron chi connectivity index (χ2n) is 2.87. The highest BCUT2D eigenvalue weighted by Crippen LogP contribution is 2.00. The molecule has 3 nitrogen and oxygen atoms in total. The van der Waals surface area contributed by atoms with Crippen molar-refractivity contribution in [2.45, 2.75) is 19.4 Å². The maximum atomic E-state index is 10.4. The number of carbonyl (C=O) groups excluding carboxylic acids is 1. The molecule has 1 aliphatic rings. The Hall–Kier alpha value is -0.410. The number of piperazine rings is 1. The zero-order valence-corrected chi connectivity index (χ0v) is 6.97. The fourth-order valence-corrected chi connectivity index (χ4v) is 1.42. The summed E-state index contributed by atoms with van der Waals surface area (Å²) in [4.78, 5) is 12.6. The van der Waals surface area contributed by atoms with Gasteiger partial charge in [0.25, 0.3) is 0 Å². The summed E-state index contributed by atoms with van der Waals surface area (Å²) in [6, 6.07) is -0.0105. The van der Waals surface area contributed by atoms with Crippen LogP contribution in [0.1, 0.15) is 13.3 Å². The van der Waals surface area contributed by atoms with E-state index in [4.69, 9.17) is 0 Å². The molecule has 1 heterocycles. The van der Waals surface area contributed by atoms with Crippen molar-refractivity contribution >= 4 is 6.29 Å². The zero-order chi connectivity index (χ0) is 8.10. The van der Waals surface area contributed by atoms with Crippen LogP contribution in [-0.4, -0.2) is 43.4 Å². The molecule has 0 aromatic carbocycles. The minimum Gasteiger partial charge on any atom is -0.313 e. The van der Waals surface area contributed by atoms with Crippen LogP contribution < -0.4 is 5.32 Å². The molecule has 0 aromatic rings. The molecule has 1 atom stereocenters. The second-order valence-corrected chi connectivity index (χ2v) is 2.87. The predicted octanol–water partition coefficient (Wildman–Crippen LogP) is -0.220. The van der Waals surface area contributed by atoms with E-state index in [2.05, 4.69) is 23.4 Å². The molecule has 63 valence electrons. The van der Waals surface area contributed by atoms with Gasteiger partial charge in [0.2, 0.25) is 6.29 Å². The van der Waals surface area contributed by atoms with E-state index in [1.165, 1.54) is 0 Å². The molecule has 3 heteroatoms. The van der Waals surface area contributed by atoms with Crippen LogP contribution in [0.4, 0.5) is 0 Å². The number of hydrogen-bond acceptors (Lipinski definition) is 3. The Labute approximate surface area is 67.8 Å². The Bertz CT molecular complexity index is 125. The first kappa shape index (κ1) is 8.68. The van der Waals surface area contributed by atoms with Crippen LogP contribution in [0.2, 0.25) is 0 Å². The van der Waals surface area contributed by atoms with Crippen LogP contribution in [0, 0.1) is 0 Å². The molecule has 1 N–H and O–H groups in total. The van der Waals surface area contributed by atoms with Crippen LogP contribution in [-0.2, 0) is 4.79 Å². The summed E-state index contributed by atoms with van der Waals surface area (Å²) in [6.45, 7) is 5.89. The molecule has 1 saturated heterocycles. The first-order valence-electron chi connectivity index (χ1n) is 4.21. The van der Waals surface area contributed by atoms with E-state index in [-0.39, 0.29) is 6.04 Å². The Morgan fingerprint density at radius 3 is 3.18 bits per heavy atom. The second kappa shape index (κ2) is 4.46. The smallest absolute Gasteiger partial charge is 0.218 e. The van der Waals surface area contributed by atoms with Crippen LogP contribution in [0.3, 0.4) is 0 Å². The third kappa shape index (κ3) is 2.27. The van der Waals surface area contributed by atoms with Gasteiger partial charge in [0.05, 0.1) is 6.04 Å². The van der Waals surface area contributed by atoms with Gasteiger partial charge in [-0.2, -0.15) is 0 Å². The molecule has 1 fully saturated rings. The molecular weight excluding hydrogens is 140 g/mol. The van der Waals surface area contributed by atoms with E-state index in [9.17, 15) is 4.79 Å². The topological polar surface area (TPSA) is 32.3 Å². The summed E-state index contributed by atoms with van der Waals surface area (Å²) in [5.41, 5.74) is 0. The van der Waals surface area contributed by atoms with Crippen molar-refractivity contribution in [1.82, 2.24) is 10.2 Å². The predicted molar refractivity (Wildman–Crippen MR) is 44.2 cm³/mol. The third-order valence-electron chi connectivity index (χ3n) is 2.00. The Balaban J connectivity index is 2.37. The Morgan fingerprint density at radius 2 is 2.55 bits per heavy atom. The Morgan fingerprint density at radius 1 is 1.73 bits per heavy atom. The van der Waals surface area contributed by atoms with Crippen LogP contribution in [0.15, 0.2) is 0 Å². The molecule has 0 bridgehead atoms. The highest BCUT2D eigenvalue weighted by molar-refractivity contribution is 5.59. The van der Waals surface area contributed by atoms with Gasteiger partial charge in [-0.15, -0.1) is 0 Å². The molecule has 1 aliphatic heterocycles. The maximum Gasteiger partial charge on any atom is 0.218 e. The molecule has 1 radical (unpaired) electrons. The molecule has 0 spiro atoms. The molecule has 1 rings (SSSR count). The zero-order valence-electron chi connectivity index (χ0n) is 6.97. The fraction of sp³-hybridized carbons (Fsp3) is 0.875. The number of hydrogen-bond donors (Lipinski definition) is 1. The van der Waals surface area contributed by atoms with Gasteiger partial charge in [0.15, 0.2) is 0 Å². The first-order chi connectivity index (χ1) is 5.38. The number of nitrogens with one attached hydrogen (secondary N) is 1. The third-order valence-corrected chi connectivity index (χ3v) is 2.00. The summed E-state index contributed by atoms with van der Waals surface area (Å²) in [5.74, 6) is 0. The summed E-state index contributed by atoms with van der Waals surface area (Å²) in [5, 5.41) is 3.17. The van der Waals surface area contributed by atoms with Gasteiger partial charge in [-0.3, -0.25) is 9.69 Å². The minimum atomic E-state index is -0.0105. The van der Waals surface area contributed by atoms with Crippen molar-refractivity contribution in [3.63, 3.8) is 0 Å². The van der Waals surface area contributed by atoms with Gasteiger partial charge in [-0.25, -0.2) is 0 Å². The van der Waals surface area contributed by atoms with Gasteiger partial charge >= 0.3 is 0 Å². The van der Waals surface area contributed by atoms with E-state index in [1.807, 2.05) is 0 Å². The lowest BCUT2D eigenvalue weighted by molar-refractivity contribution is 0.201. The van der Waals surface area contributed by atoms with Crippen LogP contribution >= 0.6 is 0 Å². The van der Waals surface area contributed by atoms with Gasteiger partial charge < -0.3 is 5.32 Å². The summed E-state index contributed by atoms with van der Waals surface area (Å²) < 4.78 is 0. The van der Waals surface area contributed by atoms with Gasteiger partial charge in [-0.1, -0.05) is 6.92 Å². The molecule has 11 heavy (non-hydrogen) atoms. The Kier molecular flexibility index (Phi) is 3.52. The molecule has 0 aliphatic carbocycles. The summed E-state index contributed by atoms with van der Waals surface area (Å²) >= 11 is 0. The number of nitrogens with zero attached hydrogens (tertiary/aromatic N) is 1. The summed E-state index contributed by atoms with van der Waals surface area (Å²) in [6.07, 6.45) is 3.16. The van der Waals surface area contributed by atoms with Crippen molar-refractivity contribution in [3.05, 3.63) is 0 Å². The average molecular weight is 155 g/mol. The first-order valence-corrected chi connectivity index (χ1v) is 4.21. The largest absolute Gasteiger partial charge is 0.313 e. The van der Waals surface area contributed by atoms with E-state index < -0.39 is 0 Å². The molecule has 0 saturated carbocycles. The molecule has 0 amide bonds. The van der Waals surface area contributed by atoms with E-state index >= 15 is 0 Å². The minimum absolute atomic E-state index is 0.0105. The van der Waals surface area contributed by atoms with E-state index in [0.29, 0.717) is 0 Å². The number of rotatable bonds is 3. The monoisotopic (exact) mass is 155 g/mol. The fourth-order valence-electron chi connectivity index (χ4n) is 1.42. The van der Waals surface area contributed by atoms with E-state index in [0.717, 1.165) is 32.6 Å². The van der Waals surface area contributed by atoms with Crippen molar-refractivity contribution < 1.29 is 4.79 Å². The van der Waals surface area contributed by atoms with Crippen molar-refractivity contribution in [2.75, 3.05) is 26.2 Å². The van der Waals surface area contributed by atoms with Crippen molar-refractivity contribution in [2.24, 2.45) is 0 Å². The van der Waals surface area contributed by atoms with E-state index in [1.54, 1.807) is 0 Å². The lowest BCUT2D eigenvalue weighted by Gasteiger charge is -2.31. The highest BCUT2D eigenvalue weighted by atomic mass is 16.1. The van der Waals surface area contributed by atoms with Crippen LogP contribution in [0.5, 0.6) is 0 Å². The SMILES string of the molecule is CCCN1CCNCC1[C]=O. The molecular formula is C8H15N2O. The highest BCUT2D eigenvalue weighted by Gasteiger charge is 2.20. The lowest BCUT2D eigenvalue weighted by atomic mass is 10.2. The van der Waals surface area contributed by atoms with Crippen molar-refractivity contribution in [1.29, 1.82) is 0 Å². The quantitative estimate of drug-likeness (QED) is 0.611. The normalized spacial score (nSPS) is 26.8. The maximum absolute atomic E-state index is 10.4. The molecule has 0 aromatic heterocycles. The molecule has 1 unspecified atom stereocenters. The van der Waals surface area contributed by atoms with Crippen molar-refractivity contribution in [3.8, 4) is 0 Å².